The van der Waals surface area contributed by atoms with Gasteiger partial charge in [0, 0.05) is 26.4 Å². The fraction of sp³-hybridized carbons (Fsp3) is 0.667. The van der Waals surface area contributed by atoms with Crippen LogP contribution in [0.2, 0.25) is 0 Å². The molecule has 1 aromatic heterocycles. The first-order valence-electron chi connectivity index (χ1n) is 4.85. The van der Waals surface area contributed by atoms with Gasteiger partial charge in [0.05, 0.1) is 5.84 Å². The van der Waals surface area contributed by atoms with Gasteiger partial charge in [-0.15, -0.1) is 10.2 Å². The lowest BCUT2D eigenvalue weighted by molar-refractivity contribution is 0.774. The third kappa shape index (κ3) is 3.16. The number of nitrogens with two attached hydrogens (primary N) is 1. The quantitative estimate of drug-likeness (QED) is 0.550. The minimum atomic E-state index is 0.693. The highest BCUT2D eigenvalue weighted by Crippen LogP contribution is 1.94. The normalized spacial score (nSPS) is 12.0. The lowest BCUT2D eigenvalue weighted by Gasteiger charge is -1.99. The van der Waals surface area contributed by atoms with Crippen molar-refractivity contribution in [2.45, 2.75) is 26.2 Å². The smallest absolute Gasteiger partial charge is 0.134 e. The third-order valence-corrected chi connectivity index (χ3v) is 1.96. The van der Waals surface area contributed by atoms with Gasteiger partial charge >= 0.3 is 0 Å². The van der Waals surface area contributed by atoms with Crippen LogP contribution in [0.3, 0.4) is 0 Å². The molecule has 14 heavy (non-hydrogen) atoms. The number of aromatic nitrogens is 3. The zero-order valence-corrected chi connectivity index (χ0v) is 8.77. The van der Waals surface area contributed by atoms with Crippen LogP contribution in [0.25, 0.3) is 0 Å². The van der Waals surface area contributed by atoms with Gasteiger partial charge in [-0.3, -0.25) is 4.99 Å². The fourth-order valence-corrected chi connectivity index (χ4v) is 1.17. The average molecular weight is 195 g/mol. The summed E-state index contributed by atoms with van der Waals surface area (Å²) in [5.74, 6) is 1.67. The van der Waals surface area contributed by atoms with E-state index in [4.69, 9.17) is 5.73 Å². The predicted molar refractivity (Wildman–Crippen MR) is 56.1 cm³/mol. The molecule has 1 rings (SSSR count). The van der Waals surface area contributed by atoms with Crippen molar-refractivity contribution in [2.75, 3.05) is 6.54 Å². The Hall–Kier alpha value is -1.39. The fourth-order valence-electron chi connectivity index (χ4n) is 1.17. The summed E-state index contributed by atoms with van der Waals surface area (Å²) in [6.07, 6.45) is 4.40. The first kappa shape index (κ1) is 10.7. The zero-order chi connectivity index (χ0) is 10.4. The SMILES string of the molecule is CCCC(N)=NCCc1nncn1C. The van der Waals surface area contributed by atoms with Crippen LogP contribution >= 0.6 is 0 Å². The van der Waals surface area contributed by atoms with Crippen LogP contribution in [0, 0.1) is 0 Å². The number of hydrogen-bond acceptors (Lipinski definition) is 3. The Bertz CT molecular complexity index is 302. The van der Waals surface area contributed by atoms with Crippen molar-refractivity contribution >= 4 is 5.84 Å². The lowest BCUT2D eigenvalue weighted by Crippen LogP contribution is -2.12. The molecule has 0 spiro atoms. The molecule has 0 aliphatic rings. The topological polar surface area (TPSA) is 69.1 Å². The molecule has 0 aliphatic carbocycles. The molecule has 0 amide bonds. The van der Waals surface area contributed by atoms with Gasteiger partial charge in [-0.1, -0.05) is 6.92 Å². The molecule has 78 valence electrons. The highest BCUT2D eigenvalue weighted by molar-refractivity contribution is 5.80. The second-order valence-electron chi connectivity index (χ2n) is 3.23. The molecule has 0 unspecified atom stereocenters. The standard InChI is InChI=1S/C9H17N5/c1-3-4-8(10)11-6-5-9-13-12-7-14(9)2/h7H,3-6H2,1-2H3,(H2,10,11). The highest BCUT2D eigenvalue weighted by atomic mass is 15.2. The maximum Gasteiger partial charge on any atom is 0.134 e. The predicted octanol–water partition coefficient (Wildman–Crippen LogP) is 0.515. The number of aryl methyl sites for hydroxylation is 1. The Labute approximate surface area is 84.0 Å². The van der Waals surface area contributed by atoms with Gasteiger partial charge < -0.3 is 10.3 Å². The van der Waals surface area contributed by atoms with Gasteiger partial charge in [0.15, 0.2) is 0 Å². The van der Waals surface area contributed by atoms with E-state index in [1.165, 1.54) is 0 Å². The van der Waals surface area contributed by atoms with E-state index >= 15 is 0 Å². The summed E-state index contributed by atoms with van der Waals surface area (Å²) >= 11 is 0. The maximum atomic E-state index is 5.67. The number of amidine groups is 1. The monoisotopic (exact) mass is 195 g/mol. The molecule has 5 nitrogen and oxygen atoms in total. The van der Waals surface area contributed by atoms with E-state index in [2.05, 4.69) is 22.1 Å². The van der Waals surface area contributed by atoms with Crippen molar-refractivity contribution in [3.05, 3.63) is 12.2 Å². The summed E-state index contributed by atoms with van der Waals surface area (Å²) in [7, 11) is 1.93. The van der Waals surface area contributed by atoms with E-state index in [-0.39, 0.29) is 0 Å². The van der Waals surface area contributed by atoms with Crippen molar-refractivity contribution < 1.29 is 0 Å². The largest absolute Gasteiger partial charge is 0.387 e. The van der Waals surface area contributed by atoms with Crippen molar-refractivity contribution in [3.8, 4) is 0 Å². The summed E-state index contributed by atoms with van der Waals surface area (Å²) in [6, 6.07) is 0. The highest BCUT2D eigenvalue weighted by Gasteiger charge is 1.98. The summed E-state index contributed by atoms with van der Waals surface area (Å²) in [6.45, 7) is 2.78. The van der Waals surface area contributed by atoms with Gasteiger partial charge in [-0.05, 0) is 6.42 Å². The van der Waals surface area contributed by atoms with Crippen LogP contribution in [0.5, 0.6) is 0 Å². The zero-order valence-electron chi connectivity index (χ0n) is 8.77. The Morgan fingerprint density at radius 3 is 3.00 bits per heavy atom. The van der Waals surface area contributed by atoms with Crippen molar-refractivity contribution in [1.29, 1.82) is 0 Å². The van der Waals surface area contributed by atoms with Crippen molar-refractivity contribution in [2.24, 2.45) is 17.8 Å². The molecular formula is C9H17N5. The summed E-state index contributed by atoms with van der Waals surface area (Å²) in [4.78, 5) is 4.24. The molecule has 0 aromatic carbocycles. The van der Waals surface area contributed by atoms with Crippen LogP contribution in [-0.4, -0.2) is 27.1 Å². The number of nitrogens with zero attached hydrogens (tertiary/aromatic N) is 4. The van der Waals surface area contributed by atoms with Crippen LogP contribution in [0.15, 0.2) is 11.3 Å². The molecule has 1 heterocycles. The lowest BCUT2D eigenvalue weighted by atomic mass is 10.3. The van der Waals surface area contributed by atoms with Gasteiger partial charge in [-0.25, -0.2) is 0 Å². The van der Waals surface area contributed by atoms with Crippen molar-refractivity contribution in [3.63, 3.8) is 0 Å². The Kier molecular flexibility index (Phi) is 4.10. The molecule has 0 fully saturated rings. The first-order valence-corrected chi connectivity index (χ1v) is 4.85. The van der Waals surface area contributed by atoms with Crippen LogP contribution in [0.4, 0.5) is 0 Å². The molecule has 0 atom stereocenters. The molecule has 0 saturated carbocycles. The third-order valence-electron chi connectivity index (χ3n) is 1.96. The molecule has 0 radical (unpaired) electrons. The number of aliphatic imine (C=N–C) groups is 1. The molecule has 0 aliphatic heterocycles. The van der Waals surface area contributed by atoms with Gasteiger partial charge in [0.25, 0.3) is 0 Å². The van der Waals surface area contributed by atoms with E-state index in [0.29, 0.717) is 6.54 Å². The molecule has 0 saturated heterocycles. The summed E-state index contributed by atoms with van der Waals surface area (Å²) < 4.78 is 1.89. The van der Waals surface area contributed by atoms with Crippen LogP contribution < -0.4 is 5.73 Å². The maximum absolute atomic E-state index is 5.67. The van der Waals surface area contributed by atoms with Crippen LogP contribution in [-0.2, 0) is 13.5 Å². The molecule has 0 bridgehead atoms. The molecule has 5 heteroatoms. The first-order chi connectivity index (χ1) is 6.74. The van der Waals surface area contributed by atoms with Crippen LogP contribution in [0.1, 0.15) is 25.6 Å². The minimum Gasteiger partial charge on any atom is -0.387 e. The van der Waals surface area contributed by atoms with Gasteiger partial charge in [0.1, 0.15) is 12.2 Å². The van der Waals surface area contributed by atoms with E-state index in [9.17, 15) is 0 Å². The number of rotatable bonds is 5. The summed E-state index contributed by atoms with van der Waals surface area (Å²) in [5, 5.41) is 7.75. The number of hydrogen-bond donors (Lipinski definition) is 1. The second-order valence-corrected chi connectivity index (χ2v) is 3.23. The molecule has 2 N–H and O–H groups in total. The van der Waals surface area contributed by atoms with E-state index < -0.39 is 0 Å². The van der Waals surface area contributed by atoms with Gasteiger partial charge in [0.2, 0.25) is 0 Å². The summed E-state index contributed by atoms with van der Waals surface area (Å²) in [5.41, 5.74) is 5.67. The average Bonchev–Trinajstić information content (AvgIpc) is 2.52. The molecular weight excluding hydrogens is 178 g/mol. The Balaban J connectivity index is 2.35. The molecule has 1 aromatic rings. The van der Waals surface area contributed by atoms with E-state index in [1.54, 1.807) is 6.33 Å². The second kappa shape index (κ2) is 5.36. The van der Waals surface area contributed by atoms with Gasteiger partial charge in [-0.2, -0.15) is 0 Å². The Morgan fingerprint density at radius 2 is 2.43 bits per heavy atom. The van der Waals surface area contributed by atoms with E-state index in [1.807, 2.05) is 11.6 Å². The Morgan fingerprint density at radius 1 is 1.64 bits per heavy atom. The van der Waals surface area contributed by atoms with Crippen molar-refractivity contribution in [1.82, 2.24) is 14.8 Å². The minimum absolute atomic E-state index is 0.693. The van der Waals surface area contributed by atoms with E-state index in [0.717, 1.165) is 30.9 Å².